The van der Waals surface area contributed by atoms with E-state index in [-0.39, 0.29) is 23.7 Å². The molecule has 196 valence electrons. The quantitative estimate of drug-likeness (QED) is 0.244. The van der Waals surface area contributed by atoms with E-state index in [1.54, 1.807) is 18.0 Å². The fraction of sp³-hybridized carbons (Fsp3) is 0.355. The van der Waals surface area contributed by atoms with Crippen LogP contribution in [0.2, 0.25) is 0 Å². The molecule has 1 heterocycles. The lowest BCUT2D eigenvalue weighted by Crippen LogP contribution is -2.60. The molecule has 0 bridgehead atoms. The Labute approximate surface area is 224 Å². The van der Waals surface area contributed by atoms with Gasteiger partial charge in [0.05, 0.1) is 32.7 Å². The van der Waals surface area contributed by atoms with Crippen LogP contribution >= 0.6 is 11.8 Å². The smallest absolute Gasteiger partial charge is 0.162 e. The predicted molar refractivity (Wildman–Crippen MR) is 148 cm³/mol. The number of hydrogen-bond acceptors (Lipinski definition) is 6. The molecular weight excluding hydrogens is 484 g/mol. The van der Waals surface area contributed by atoms with Gasteiger partial charge >= 0.3 is 0 Å². The molecule has 5 atom stereocenters. The van der Waals surface area contributed by atoms with Crippen molar-refractivity contribution < 1.29 is 23.7 Å². The molecule has 4 rings (SSSR count). The maximum absolute atomic E-state index is 6.57. The lowest BCUT2D eigenvalue weighted by atomic mass is 9.99. The summed E-state index contributed by atoms with van der Waals surface area (Å²) in [6.07, 6.45) is 4.18. The molecule has 1 fully saturated rings. The molecule has 5 nitrogen and oxygen atoms in total. The SMILES string of the molecule is C/C=C/O[C@@H]1[C@@H](OCc2ccccc2)[C@H](OCc2ccccc2)[C@@H](COCc2ccccc2)O[C@H]1SC. The molecule has 37 heavy (non-hydrogen) atoms. The summed E-state index contributed by atoms with van der Waals surface area (Å²) in [5.41, 5.74) is 3.07. The summed E-state index contributed by atoms with van der Waals surface area (Å²) in [6, 6.07) is 30.5. The van der Waals surface area contributed by atoms with Gasteiger partial charge in [-0.2, -0.15) is 0 Å². The number of ether oxygens (including phenoxy) is 5. The van der Waals surface area contributed by atoms with Gasteiger partial charge in [0.1, 0.15) is 23.7 Å². The van der Waals surface area contributed by atoms with Crippen molar-refractivity contribution in [1.29, 1.82) is 0 Å². The van der Waals surface area contributed by atoms with Crippen LogP contribution in [0.4, 0.5) is 0 Å². The van der Waals surface area contributed by atoms with Crippen LogP contribution in [0.3, 0.4) is 0 Å². The Balaban J connectivity index is 1.55. The largest absolute Gasteiger partial charge is 0.492 e. The molecular formula is C31H36O5S. The summed E-state index contributed by atoms with van der Waals surface area (Å²) in [5.74, 6) is 0. The Hall–Kier alpha value is -2.61. The molecule has 1 saturated heterocycles. The Morgan fingerprint density at radius 2 is 1.22 bits per heavy atom. The van der Waals surface area contributed by atoms with E-state index in [2.05, 4.69) is 36.4 Å². The van der Waals surface area contributed by atoms with E-state index < -0.39 is 6.10 Å². The molecule has 3 aromatic rings. The highest BCUT2D eigenvalue weighted by molar-refractivity contribution is 7.99. The van der Waals surface area contributed by atoms with Crippen molar-refractivity contribution >= 4 is 11.8 Å². The van der Waals surface area contributed by atoms with Crippen molar-refractivity contribution in [2.24, 2.45) is 0 Å². The van der Waals surface area contributed by atoms with Crippen molar-refractivity contribution in [3.8, 4) is 0 Å². The Kier molecular flexibility index (Phi) is 11.1. The minimum Gasteiger partial charge on any atom is -0.492 e. The molecule has 6 heteroatoms. The number of hydrogen-bond donors (Lipinski definition) is 0. The fourth-order valence-electron chi connectivity index (χ4n) is 4.31. The first-order valence-electron chi connectivity index (χ1n) is 12.7. The maximum atomic E-state index is 6.57. The van der Waals surface area contributed by atoms with Crippen molar-refractivity contribution in [2.45, 2.75) is 56.6 Å². The average molecular weight is 521 g/mol. The van der Waals surface area contributed by atoms with Gasteiger partial charge in [0.25, 0.3) is 0 Å². The van der Waals surface area contributed by atoms with Crippen molar-refractivity contribution in [1.82, 2.24) is 0 Å². The van der Waals surface area contributed by atoms with Gasteiger partial charge in [-0.1, -0.05) is 97.1 Å². The van der Waals surface area contributed by atoms with E-state index in [1.807, 2.05) is 73.9 Å². The van der Waals surface area contributed by atoms with Gasteiger partial charge in [0, 0.05) is 0 Å². The summed E-state index contributed by atoms with van der Waals surface area (Å²) in [4.78, 5) is 0. The van der Waals surface area contributed by atoms with Crippen LogP contribution in [-0.2, 0) is 43.5 Å². The second-order valence-electron chi connectivity index (χ2n) is 8.87. The number of rotatable bonds is 13. The van der Waals surface area contributed by atoms with Gasteiger partial charge in [-0.05, 0) is 29.9 Å². The zero-order valence-corrected chi connectivity index (χ0v) is 22.3. The van der Waals surface area contributed by atoms with Crippen molar-refractivity contribution in [2.75, 3.05) is 12.9 Å². The van der Waals surface area contributed by atoms with Crippen LogP contribution < -0.4 is 0 Å². The lowest BCUT2D eigenvalue weighted by molar-refractivity contribution is -0.244. The fourth-order valence-corrected chi connectivity index (χ4v) is 5.05. The standard InChI is InChI=1S/C31H36O5S/c1-3-19-33-30-29(35-22-26-17-11-6-12-18-26)28(34-21-25-15-9-5-10-16-25)27(36-31(30)37-2)23-32-20-24-13-7-4-8-14-24/h3-19,27-31H,20-23H2,1-2H3/b19-3+/t27-,28-,29+,30-,31+/m1/s1. The van der Waals surface area contributed by atoms with Crippen LogP contribution in [0.15, 0.2) is 103 Å². The summed E-state index contributed by atoms with van der Waals surface area (Å²) in [5, 5.41) is 0. The molecule has 0 N–H and O–H groups in total. The molecule has 1 aliphatic heterocycles. The van der Waals surface area contributed by atoms with Gasteiger partial charge in [0.2, 0.25) is 0 Å². The highest BCUT2D eigenvalue weighted by atomic mass is 32.2. The van der Waals surface area contributed by atoms with Crippen LogP contribution in [0.25, 0.3) is 0 Å². The monoisotopic (exact) mass is 520 g/mol. The molecule has 0 aromatic heterocycles. The first-order valence-corrected chi connectivity index (χ1v) is 13.9. The third-order valence-corrected chi connectivity index (χ3v) is 7.00. The number of allylic oxidation sites excluding steroid dienone is 1. The van der Waals surface area contributed by atoms with Crippen LogP contribution in [-0.4, -0.2) is 42.7 Å². The normalized spacial score (nSPS) is 23.8. The van der Waals surface area contributed by atoms with E-state index in [0.717, 1.165) is 16.7 Å². The van der Waals surface area contributed by atoms with E-state index in [0.29, 0.717) is 26.4 Å². The van der Waals surface area contributed by atoms with Gasteiger partial charge in [-0.15, -0.1) is 11.8 Å². The number of thioether (sulfide) groups is 1. The molecule has 0 unspecified atom stereocenters. The maximum Gasteiger partial charge on any atom is 0.162 e. The topological polar surface area (TPSA) is 46.2 Å². The Morgan fingerprint density at radius 3 is 1.73 bits per heavy atom. The minimum atomic E-state index is -0.390. The summed E-state index contributed by atoms with van der Waals surface area (Å²) < 4.78 is 32.0. The summed E-state index contributed by atoms with van der Waals surface area (Å²) in [7, 11) is 0. The summed E-state index contributed by atoms with van der Waals surface area (Å²) >= 11 is 1.61. The van der Waals surface area contributed by atoms with Crippen LogP contribution in [0.1, 0.15) is 23.6 Å². The average Bonchev–Trinajstić information content (AvgIpc) is 2.96. The van der Waals surface area contributed by atoms with Gasteiger partial charge in [0.15, 0.2) is 6.10 Å². The zero-order chi connectivity index (χ0) is 25.7. The lowest BCUT2D eigenvalue weighted by Gasteiger charge is -2.45. The van der Waals surface area contributed by atoms with E-state index in [4.69, 9.17) is 23.7 Å². The molecule has 0 spiro atoms. The minimum absolute atomic E-state index is 0.237. The van der Waals surface area contributed by atoms with Crippen LogP contribution in [0.5, 0.6) is 0 Å². The molecule has 0 amide bonds. The third-order valence-electron chi connectivity index (χ3n) is 6.16. The zero-order valence-electron chi connectivity index (χ0n) is 21.5. The van der Waals surface area contributed by atoms with Gasteiger partial charge < -0.3 is 23.7 Å². The first-order chi connectivity index (χ1) is 18.3. The number of benzene rings is 3. The van der Waals surface area contributed by atoms with E-state index in [9.17, 15) is 0 Å². The Bertz CT molecular complexity index is 1050. The first kappa shape index (κ1) is 27.4. The van der Waals surface area contributed by atoms with Crippen molar-refractivity contribution in [3.63, 3.8) is 0 Å². The molecule has 1 aliphatic rings. The Morgan fingerprint density at radius 1 is 0.703 bits per heavy atom. The van der Waals surface area contributed by atoms with Gasteiger partial charge in [-0.3, -0.25) is 0 Å². The highest BCUT2D eigenvalue weighted by Gasteiger charge is 2.48. The second kappa shape index (κ2) is 15.0. The van der Waals surface area contributed by atoms with E-state index >= 15 is 0 Å². The summed E-state index contributed by atoms with van der Waals surface area (Å²) in [6.45, 7) is 3.71. The second-order valence-corrected chi connectivity index (χ2v) is 9.81. The highest BCUT2D eigenvalue weighted by Crippen LogP contribution is 2.34. The third kappa shape index (κ3) is 8.19. The van der Waals surface area contributed by atoms with Crippen LogP contribution in [0, 0.1) is 0 Å². The van der Waals surface area contributed by atoms with E-state index in [1.165, 1.54) is 0 Å². The predicted octanol–water partition coefficient (Wildman–Crippen LogP) is 6.38. The van der Waals surface area contributed by atoms with Gasteiger partial charge in [-0.25, -0.2) is 0 Å². The molecule has 0 saturated carbocycles. The molecule has 0 aliphatic carbocycles. The molecule has 3 aromatic carbocycles. The van der Waals surface area contributed by atoms with Crippen molar-refractivity contribution in [3.05, 3.63) is 120 Å². The molecule has 0 radical (unpaired) electrons.